The molecule has 0 saturated carbocycles. The molecule has 0 radical (unpaired) electrons. The Balaban J connectivity index is 0.00000277. The molecule has 2 unspecified atom stereocenters. The van der Waals surface area contributed by atoms with E-state index < -0.39 is 6.17 Å². The summed E-state index contributed by atoms with van der Waals surface area (Å²) in [6, 6.07) is 8.01. The molecule has 140 valence electrons. The monoisotopic (exact) mass is 346 g/mol. The number of benzene rings is 1. The summed E-state index contributed by atoms with van der Waals surface area (Å²) in [5.74, 6) is 0.702. The number of hydrogen-bond acceptors (Lipinski definition) is 5. The number of ether oxygens (including phenoxy) is 1. The molecule has 0 spiro atoms. The fourth-order valence-corrected chi connectivity index (χ4v) is 1.74. The van der Waals surface area contributed by atoms with Crippen molar-refractivity contribution in [3.63, 3.8) is 0 Å². The summed E-state index contributed by atoms with van der Waals surface area (Å²) in [6.07, 6.45) is -0.426. The van der Waals surface area contributed by atoms with Gasteiger partial charge in [0, 0.05) is 23.1 Å². The lowest BCUT2D eigenvalue weighted by Crippen LogP contribution is -2.44. The van der Waals surface area contributed by atoms with Crippen molar-refractivity contribution in [3.05, 3.63) is 66.7 Å². The smallest absolute Gasteiger partial charge is 0.115 e. The number of likely N-dealkylation sites (N-methyl/N-ethyl adjacent to an activating group) is 1. The Morgan fingerprint density at radius 2 is 1.68 bits per heavy atom. The van der Waals surface area contributed by atoms with E-state index in [1.165, 1.54) is 0 Å². The molecule has 1 aromatic rings. The Hall–Kier alpha value is -2.24. The van der Waals surface area contributed by atoms with Crippen LogP contribution in [-0.2, 0) is 11.3 Å². The zero-order chi connectivity index (χ0) is 19.4. The van der Waals surface area contributed by atoms with Gasteiger partial charge in [-0.3, -0.25) is 0 Å². The SMILES string of the molecule is C=C(C)OCc1ccc(NC(=C)C(N)NC(=C)C(C)NC)cc1.CC. The fourth-order valence-electron chi connectivity index (χ4n) is 1.74. The predicted octanol–water partition coefficient (Wildman–Crippen LogP) is 3.68. The van der Waals surface area contributed by atoms with Gasteiger partial charge in [0.05, 0.1) is 5.76 Å². The Labute approximate surface area is 153 Å². The zero-order valence-corrected chi connectivity index (χ0v) is 16.3. The highest BCUT2D eigenvalue weighted by molar-refractivity contribution is 5.49. The van der Waals surface area contributed by atoms with Crippen LogP contribution < -0.4 is 21.7 Å². The van der Waals surface area contributed by atoms with Crippen molar-refractivity contribution < 1.29 is 4.74 Å². The molecule has 0 aromatic heterocycles. The molecule has 0 heterocycles. The number of anilines is 1. The van der Waals surface area contributed by atoms with Crippen molar-refractivity contribution in [2.75, 3.05) is 12.4 Å². The van der Waals surface area contributed by atoms with E-state index in [-0.39, 0.29) is 6.04 Å². The third kappa shape index (κ3) is 8.98. The summed E-state index contributed by atoms with van der Waals surface area (Å²) < 4.78 is 5.39. The Bertz CT molecular complexity index is 551. The van der Waals surface area contributed by atoms with E-state index in [1.807, 2.05) is 59.0 Å². The second-order valence-electron chi connectivity index (χ2n) is 5.50. The third-order valence-corrected chi connectivity index (χ3v) is 3.42. The molecule has 25 heavy (non-hydrogen) atoms. The average Bonchev–Trinajstić information content (AvgIpc) is 2.61. The van der Waals surface area contributed by atoms with Crippen LogP contribution in [-0.4, -0.2) is 19.3 Å². The Kier molecular flexibility index (Phi) is 11.1. The molecular weight excluding hydrogens is 312 g/mol. The van der Waals surface area contributed by atoms with E-state index in [4.69, 9.17) is 10.5 Å². The first-order valence-corrected chi connectivity index (χ1v) is 8.54. The van der Waals surface area contributed by atoms with Gasteiger partial charge in [0.1, 0.15) is 12.8 Å². The number of allylic oxidation sites excluding steroid dienone is 1. The van der Waals surface area contributed by atoms with Crippen LogP contribution in [0.1, 0.15) is 33.3 Å². The lowest BCUT2D eigenvalue weighted by molar-refractivity contribution is 0.202. The van der Waals surface area contributed by atoms with Gasteiger partial charge in [-0.25, -0.2) is 0 Å². The standard InChI is InChI=1S/C18H28N4O.C2H6/c1-12(2)23-11-16-7-9-17(10-8-16)21-15(5)18(19)22-14(4)13(3)20-6;1-2/h7-10,13,18,20-22H,1,4-5,11,19H2,2-3,6H3;1-2H3. The van der Waals surface area contributed by atoms with Crippen LogP contribution in [0.4, 0.5) is 5.69 Å². The third-order valence-electron chi connectivity index (χ3n) is 3.42. The van der Waals surface area contributed by atoms with Gasteiger partial charge >= 0.3 is 0 Å². The van der Waals surface area contributed by atoms with Gasteiger partial charge in [-0.15, -0.1) is 0 Å². The molecule has 0 bridgehead atoms. The summed E-state index contributed by atoms with van der Waals surface area (Å²) in [5, 5.41) is 9.42. The van der Waals surface area contributed by atoms with Gasteiger partial charge in [-0.1, -0.05) is 45.7 Å². The maximum Gasteiger partial charge on any atom is 0.115 e. The van der Waals surface area contributed by atoms with E-state index in [9.17, 15) is 0 Å². The first-order valence-electron chi connectivity index (χ1n) is 8.54. The molecule has 5 heteroatoms. The molecule has 0 aliphatic carbocycles. The largest absolute Gasteiger partial charge is 0.494 e. The molecule has 1 aromatic carbocycles. The number of hydrogen-bond donors (Lipinski definition) is 4. The lowest BCUT2D eigenvalue weighted by Gasteiger charge is -2.23. The lowest BCUT2D eigenvalue weighted by atomic mass is 10.2. The molecule has 0 saturated heterocycles. The fraction of sp³-hybridized carbons (Fsp3) is 0.400. The highest BCUT2D eigenvalue weighted by atomic mass is 16.5. The van der Waals surface area contributed by atoms with Gasteiger partial charge in [0.25, 0.3) is 0 Å². The van der Waals surface area contributed by atoms with Gasteiger partial charge < -0.3 is 26.4 Å². The zero-order valence-electron chi connectivity index (χ0n) is 16.3. The van der Waals surface area contributed by atoms with Crippen molar-refractivity contribution in [1.82, 2.24) is 10.6 Å². The van der Waals surface area contributed by atoms with E-state index >= 15 is 0 Å². The molecule has 0 aliphatic heterocycles. The van der Waals surface area contributed by atoms with Crippen LogP contribution in [0.15, 0.2) is 61.2 Å². The molecular formula is C20H34N4O. The normalized spacial score (nSPS) is 12.1. The van der Waals surface area contributed by atoms with Crippen molar-refractivity contribution in [3.8, 4) is 0 Å². The maximum absolute atomic E-state index is 6.08. The summed E-state index contributed by atoms with van der Waals surface area (Å²) in [4.78, 5) is 0. The highest BCUT2D eigenvalue weighted by Gasteiger charge is 2.11. The molecule has 0 aliphatic rings. The van der Waals surface area contributed by atoms with Crippen LogP contribution in [0.25, 0.3) is 0 Å². The van der Waals surface area contributed by atoms with Crippen LogP contribution in [0, 0.1) is 0 Å². The maximum atomic E-state index is 6.08. The van der Waals surface area contributed by atoms with Gasteiger partial charge in [-0.2, -0.15) is 0 Å². The molecule has 5 nitrogen and oxygen atoms in total. The summed E-state index contributed by atoms with van der Waals surface area (Å²) >= 11 is 0. The van der Waals surface area contributed by atoms with E-state index in [0.29, 0.717) is 18.1 Å². The second-order valence-corrected chi connectivity index (χ2v) is 5.50. The second kappa shape index (κ2) is 12.2. The minimum absolute atomic E-state index is 0.126. The molecule has 5 N–H and O–H groups in total. The summed E-state index contributed by atoms with van der Waals surface area (Å²) in [7, 11) is 1.87. The van der Waals surface area contributed by atoms with Crippen LogP contribution >= 0.6 is 0 Å². The number of nitrogens with two attached hydrogens (primary N) is 1. The van der Waals surface area contributed by atoms with Crippen molar-refractivity contribution in [2.24, 2.45) is 5.73 Å². The van der Waals surface area contributed by atoms with Crippen molar-refractivity contribution in [2.45, 2.75) is 46.5 Å². The van der Waals surface area contributed by atoms with Crippen LogP contribution in [0.5, 0.6) is 0 Å². The van der Waals surface area contributed by atoms with Gasteiger partial charge in [0.15, 0.2) is 0 Å². The minimum Gasteiger partial charge on any atom is -0.494 e. The molecule has 0 amide bonds. The van der Waals surface area contributed by atoms with E-state index in [2.05, 4.69) is 35.7 Å². The topological polar surface area (TPSA) is 71.3 Å². The quantitative estimate of drug-likeness (QED) is 0.384. The van der Waals surface area contributed by atoms with E-state index in [1.54, 1.807) is 0 Å². The average molecular weight is 347 g/mol. The Morgan fingerprint density at radius 3 is 2.16 bits per heavy atom. The highest BCUT2D eigenvalue weighted by Crippen LogP contribution is 2.14. The Morgan fingerprint density at radius 1 is 1.12 bits per heavy atom. The molecule has 2 atom stereocenters. The van der Waals surface area contributed by atoms with Gasteiger partial charge in [-0.05, 0) is 38.6 Å². The van der Waals surface area contributed by atoms with Crippen molar-refractivity contribution >= 4 is 5.69 Å². The first kappa shape index (κ1) is 22.8. The number of rotatable bonds is 10. The van der Waals surface area contributed by atoms with Gasteiger partial charge in [0.2, 0.25) is 0 Å². The number of nitrogens with one attached hydrogen (secondary N) is 3. The minimum atomic E-state index is -0.426. The van der Waals surface area contributed by atoms with Crippen molar-refractivity contribution in [1.29, 1.82) is 0 Å². The first-order chi connectivity index (χ1) is 11.8. The molecule has 1 rings (SSSR count). The predicted molar refractivity (Wildman–Crippen MR) is 109 cm³/mol. The summed E-state index contributed by atoms with van der Waals surface area (Å²) in [5.41, 5.74) is 9.55. The van der Waals surface area contributed by atoms with Crippen LogP contribution in [0.3, 0.4) is 0 Å². The summed E-state index contributed by atoms with van der Waals surface area (Å²) in [6.45, 7) is 20.0. The van der Waals surface area contributed by atoms with E-state index in [0.717, 1.165) is 16.9 Å². The molecule has 0 fully saturated rings. The van der Waals surface area contributed by atoms with Crippen LogP contribution in [0.2, 0.25) is 0 Å².